The number of hydrogen-bond donors (Lipinski definition) is 2. The number of nitrogens with one attached hydrogen (secondary N) is 2. The fraction of sp³-hybridized carbons (Fsp3) is 0.125. The Kier molecular flexibility index (Phi) is 3.50. The highest BCUT2D eigenvalue weighted by Gasteiger charge is 2.47. The second-order valence-electron chi connectivity index (χ2n) is 5.05. The summed E-state index contributed by atoms with van der Waals surface area (Å²) in [5, 5.41) is 5.79. The van der Waals surface area contributed by atoms with Gasteiger partial charge in [-0.25, -0.2) is 0 Å². The van der Waals surface area contributed by atoms with Gasteiger partial charge in [0.25, 0.3) is 17.4 Å². The maximum absolute atomic E-state index is 12.5. The van der Waals surface area contributed by atoms with Gasteiger partial charge in [0.15, 0.2) is 0 Å². The molecule has 5 nitrogen and oxygen atoms in total. The molecule has 2 aromatic carbocycles. The number of fused-ring (bicyclic) bond motifs is 1. The minimum absolute atomic E-state index is 0.398. The maximum Gasteiger partial charge on any atom is 0.278 e. The first-order valence-corrected chi connectivity index (χ1v) is 7.03. The zero-order valence-electron chi connectivity index (χ0n) is 11.7. The summed E-state index contributed by atoms with van der Waals surface area (Å²) in [5.41, 5.74) is -0.619. The number of amides is 2. The Labute approximate surface area is 132 Å². The van der Waals surface area contributed by atoms with Crippen LogP contribution in [0.2, 0.25) is 5.02 Å². The Balaban J connectivity index is 1.88. The number of para-hydroxylation sites is 1. The summed E-state index contributed by atoms with van der Waals surface area (Å²) in [5.74, 6) is -0.692. The molecule has 3 rings (SSSR count). The first-order chi connectivity index (χ1) is 10.5. The van der Waals surface area contributed by atoms with Gasteiger partial charge in [-0.15, -0.1) is 0 Å². The molecule has 1 atom stereocenters. The minimum Gasteiger partial charge on any atom is -0.466 e. The van der Waals surface area contributed by atoms with Crippen molar-refractivity contribution in [2.75, 3.05) is 10.6 Å². The van der Waals surface area contributed by atoms with Crippen LogP contribution in [0, 0.1) is 0 Å². The van der Waals surface area contributed by atoms with Crippen LogP contribution in [0.5, 0.6) is 5.75 Å². The van der Waals surface area contributed by atoms with Crippen molar-refractivity contribution in [2.24, 2.45) is 0 Å². The topological polar surface area (TPSA) is 67.4 Å². The van der Waals surface area contributed by atoms with E-state index in [9.17, 15) is 9.59 Å². The zero-order valence-corrected chi connectivity index (χ0v) is 12.5. The molecule has 0 radical (unpaired) electrons. The van der Waals surface area contributed by atoms with Gasteiger partial charge in [-0.05, 0) is 37.3 Å². The Morgan fingerprint density at radius 2 is 1.95 bits per heavy atom. The predicted molar refractivity (Wildman–Crippen MR) is 84.2 cm³/mol. The van der Waals surface area contributed by atoms with E-state index in [-0.39, 0.29) is 0 Å². The third kappa shape index (κ3) is 2.51. The monoisotopic (exact) mass is 316 g/mol. The number of rotatable bonds is 2. The van der Waals surface area contributed by atoms with E-state index in [1.807, 2.05) is 6.07 Å². The van der Waals surface area contributed by atoms with Crippen molar-refractivity contribution in [2.45, 2.75) is 12.5 Å². The molecule has 0 spiro atoms. The number of carbonyl (C=O) groups is 2. The van der Waals surface area contributed by atoms with Crippen molar-refractivity contribution in [3.05, 3.63) is 53.6 Å². The third-order valence-electron chi connectivity index (χ3n) is 3.40. The Bertz CT molecular complexity index is 748. The summed E-state index contributed by atoms with van der Waals surface area (Å²) in [4.78, 5) is 24.7. The molecule has 2 N–H and O–H groups in total. The molecule has 112 valence electrons. The second kappa shape index (κ2) is 5.35. The number of carbonyl (C=O) groups excluding carboxylic acids is 2. The van der Waals surface area contributed by atoms with Crippen LogP contribution in [0.3, 0.4) is 0 Å². The van der Waals surface area contributed by atoms with Crippen LogP contribution in [0.4, 0.5) is 11.4 Å². The Morgan fingerprint density at radius 1 is 1.23 bits per heavy atom. The highest BCUT2D eigenvalue weighted by Crippen LogP contribution is 2.35. The van der Waals surface area contributed by atoms with Crippen LogP contribution in [0.25, 0.3) is 0 Å². The van der Waals surface area contributed by atoms with Crippen LogP contribution < -0.4 is 15.4 Å². The highest BCUT2D eigenvalue weighted by molar-refractivity contribution is 6.31. The molecule has 0 saturated carbocycles. The predicted octanol–water partition coefficient (Wildman–Crippen LogP) is 3.07. The molecular weight excluding hydrogens is 304 g/mol. The largest absolute Gasteiger partial charge is 0.466 e. The molecule has 0 aromatic heterocycles. The summed E-state index contributed by atoms with van der Waals surface area (Å²) in [6.45, 7) is 1.43. The Morgan fingerprint density at radius 3 is 2.68 bits per heavy atom. The van der Waals surface area contributed by atoms with Gasteiger partial charge in [0, 0.05) is 10.7 Å². The lowest BCUT2D eigenvalue weighted by molar-refractivity contribution is -0.143. The van der Waals surface area contributed by atoms with Crippen LogP contribution in [-0.2, 0) is 9.59 Å². The number of ether oxygens (including phenoxy) is 1. The van der Waals surface area contributed by atoms with Gasteiger partial charge >= 0.3 is 0 Å². The molecule has 1 aliphatic rings. The quantitative estimate of drug-likeness (QED) is 0.837. The number of benzene rings is 2. The Hall–Kier alpha value is -2.53. The van der Waals surface area contributed by atoms with Gasteiger partial charge in [0.1, 0.15) is 5.75 Å². The van der Waals surface area contributed by atoms with E-state index in [0.717, 1.165) is 0 Å². The van der Waals surface area contributed by atoms with Crippen molar-refractivity contribution >= 4 is 34.8 Å². The lowest BCUT2D eigenvalue weighted by Crippen LogP contribution is -2.56. The summed E-state index contributed by atoms with van der Waals surface area (Å²) in [6, 6.07) is 13.7. The fourth-order valence-corrected chi connectivity index (χ4v) is 2.29. The van der Waals surface area contributed by atoms with Crippen LogP contribution >= 0.6 is 11.6 Å². The highest BCUT2D eigenvalue weighted by atomic mass is 35.5. The van der Waals surface area contributed by atoms with Crippen LogP contribution in [-0.4, -0.2) is 17.4 Å². The average molecular weight is 317 g/mol. The molecule has 0 saturated heterocycles. The van der Waals surface area contributed by atoms with E-state index in [0.29, 0.717) is 22.1 Å². The van der Waals surface area contributed by atoms with Crippen molar-refractivity contribution in [3.63, 3.8) is 0 Å². The standard InChI is InChI=1S/C16H13ClN2O3/c1-16(14(20)18-11-5-3-2-4-6-11)15(21)19-12-9-10(17)7-8-13(12)22-16/h2-9H,1H3,(H,18,20)(H,19,21)/t16-/m0/s1. The molecule has 2 amide bonds. The molecule has 22 heavy (non-hydrogen) atoms. The molecule has 1 heterocycles. The van der Waals surface area contributed by atoms with Gasteiger partial charge in [-0.3, -0.25) is 9.59 Å². The van der Waals surface area contributed by atoms with E-state index < -0.39 is 17.4 Å². The maximum atomic E-state index is 12.5. The van der Waals surface area contributed by atoms with Crippen molar-refractivity contribution in [3.8, 4) is 5.75 Å². The fourth-order valence-electron chi connectivity index (χ4n) is 2.12. The molecule has 0 aliphatic carbocycles. The van der Waals surface area contributed by atoms with Gasteiger partial charge < -0.3 is 15.4 Å². The summed E-state index contributed by atoms with van der Waals surface area (Å²) in [7, 11) is 0. The SMILES string of the molecule is C[C@@]1(C(=O)Nc2ccccc2)Oc2ccc(Cl)cc2NC1=O. The van der Waals surface area contributed by atoms with E-state index in [1.165, 1.54) is 6.92 Å². The van der Waals surface area contributed by atoms with Crippen molar-refractivity contribution < 1.29 is 14.3 Å². The normalized spacial score (nSPS) is 19.6. The smallest absolute Gasteiger partial charge is 0.278 e. The van der Waals surface area contributed by atoms with Gasteiger partial charge in [-0.2, -0.15) is 0 Å². The molecule has 6 heteroatoms. The first kappa shape index (κ1) is 14.4. The van der Waals surface area contributed by atoms with Crippen molar-refractivity contribution in [1.82, 2.24) is 0 Å². The average Bonchev–Trinajstić information content (AvgIpc) is 2.50. The molecule has 0 unspecified atom stereocenters. The number of anilines is 2. The number of hydrogen-bond acceptors (Lipinski definition) is 3. The van der Waals surface area contributed by atoms with Gasteiger partial charge in [0.2, 0.25) is 0 Å². The van der Waals surface area contributed by atoms with E-state index in [1.54, 1.807) is 42.5 Å². The van der Waals surface area contributed by atoms with Crippen molar-refractivity contribution in [1.29, 1.82) is 0 Å². The third-order valence-corrected chi connectivity index (χ3v) is 3.64. The zero-order chi connectivity index (χ0) is 15.7. The molecule has 1 aliphatic heterocycles. The molecular formula is C16H13ClN2O3. The number of halogens is 1. The van der Waals surface area contributed by atoms with E-state index in [2.05, 4.69) is 10.6 Å². The first-order valence-electron chi connectivity index (χ1n) is 6.65. The van der Waals surface area contributed by atoms with E-state index in [4.69, 9.17) is 16.3 Å². The lowest BCUT2D eigenvalue weighted by Gasteiger charge is -2.33. The second-order valence-corrected chi connectivity index (χ2v) is 5.49. The molecule has 0 bridgehead atoms. The summed E-state index contributed by atoms with van der Waals surface area (Å²) < 4.78 is 5.64. The minimum atomic E-state index is -1.66. The summed E-state index contributed by atoms with van der Waals surface area (Å²) in [6.07, 6.45) is 0. The van der Waals surface area contributed by atoms with Crippen LogP contribution in [0.15, 0.2) is 48.5 Å². The van der Waals surface area contributed by atoms with Gasteiger partial charge in [0.05, 0.1) is 5.69 Å². The lowest BCUT2D eigenvalue weighted by atomic mass is 10.0. The van der Waals surface area contributed by atoms with E-state index >= 15 is 0 Å². The molecule has 2 aromatic rings. The van der Waals surface area contributed by atoms with Crippen LogP contribution in [0.1, 0.15) is 6.92 Å². The van der Waals surface area contributed by atoms with Gasteiger partial charge in [-0.1, -0.05) is 29.8 Å². The summed E-state index contributed by atoms with van der Waals surface area (Å²) >= 11 is 5.88. The molecule has 0 fully saturated rings.